The van der Waals surface area contributed by atoms with Gasteiger partial charge in [-0.25, -0.2) is 9.97 Å². The number of likely N-dealkylation sites (tertiary alicyclic amines) is 1. The molecule has 2 aromatic heterocycles. The number of hydrogen-bond donors (Lipinski definition) is 0. The Morgan fingerprint density at radius 2 is 2.12 bits per heavy atom. The van der Waals surface area contributed by atoms with Gasteiger partial charge in [-0.2, -0.15) is 0 Å². The zero-order chi connectivity index (χ0) is 17.5. The summed E-state index contributed by atoms with van der Waals surface area (Å²) >= 11 is 0. The van der Waals surface area contributed by atoms with E-state index in [4.69, 9.17) is 4.74 Å². The van der Waals surface area contributed by atoms with Crippen molar-refractivity contribution in [3.8, 4) is 0 Å². The summed E-state index contributed by atoms with van der Waals surface area (Å²) in [6.45, 7) is 2.15. The van der Waals surface area contributed by atoms with Crippen molar-refractivity contribution in [2.24, 2.45) is 0 Å². The summed E-state index contributed by atoms with van der Waals surface area (Å²) in [5, 5.41) is 0. The van der Waals surface area contributed by atoms with E-state index in [1.807, 2.05) is 33.7 Å². The molecule has 0 radical (unpaired) electrons. The van der Waals surface area contributed by atoms with E-state index in [-0.39, 0.29) is 18.1 Å². The second kappa shape index (κ2) is 6.21. The van der Waals surface area contributed by atoms with E-state index < -0.39 is 0 Å². The molecule has 0 spiro atoms. The molecule has 2 saturated heterocycles. The van der Waals surface area contributed by atoms with Crippen molar-refractivity contribution in [3.63, 3.8) is 0 Å². The fourth-order valence-corrected chi connectivity index (χ4v) is 3.94. The number of ether oxygens (including phenoxy) is 1. The molecule has 5 rings (SSSR count). The summed E-state index contributed by atoms with van der Waals surface area (Å²) in [6, 6.07) is 12.4. The van der Waals surface area contributed by atoms with E-state index in [2.05, 4.69) is 22.1 Å². The zero-order valence-electron chi connectivity index (χ0n) is 14.4. The van der Waals surface area contributed by atoms with Gasteiger partial charge in [0.15, 0.2) is 5.65 Å². The van der Waals surface area contributed by atoms with E-state index in [0.717, 1.165) is 30.6 Å². The Morgan fingerprint density at radius 3 is 2.88 bits per heavy atom. The summed E-state index contributed by atoms with van der Waals surface area (Å²) in [4.78, 5) is 23.7. The highest BCUT2D eigenvalue weighted by Gasteiger charge is 2.41. The predicted octanol–water partition coefficient (Wildman–Crippen LogP) is 2.29. The van der Waals surface area contributed by atoms with Crippen LogP contribution >= 0.6 is 0 Å². The number of amides is 1. The number of fused-ring (bicyclic) bond motifs is 3. The van der Waals surface area contributed by atoms with Crippen LogP contribution in [0.25, 0.3) is 11.2 Å². The number of carbonyl (C=O) groups excluding carboxylic acids is 1. The minimum absolute atomic E-state index is 0.0361. The molecule has 0 aliphatic carbocycles. The summed E-state index contributed by atoms with van der Waals surface area (Å²) in [5.74, 6) is 0.0361. The summed E-state index contributed by atoms with van der Waals surface area (Å²) in [7, 11) is 0. The highest BCUT2D eigenvalue weighted by Crippen LogP contribution is 2.29. The van der Waals surface area contributed by atoms with Crippen LogP contribution in [0.5, 0.6) is 0 Å². The number of nitrogens with zero attached hydrogens (tertiary/aromatic N) is 4. The molecule has 1 aromatic carbocycles. The second-order valence-corrected chi connectivity index (χ2v) is 7.04. The summed E-state index contributed by atoms with van der Waals surface area (Å²) in [6.07, 6.45) is 5.57. The number of benzene rings is 1. The third kappa shape index (κ3) is 2.66. The van der Waals surface area contributed by atoms with Crippen LogP contribution < -0.4 is 0 Å². The Hall–Kier alpha value is -2.73. The first-order chi connectivity index (χ1) is 12.8. The molecule has 1 amide bonds. The quantitative estimate of drug-likeness (QED) is 0.726. The Bertz CT molecular complexity index is 953. The summed E-state index contributed by atoms with van der Waals surface area (Å²) < 4.78 is 7.62. The lowest BCUT2D eigenvalue weighted by Gasteiger charge is -2.26. The molecule has 0 N–H and O–H groups in total. The van der Waals surface area contributed by atoms with Crippen LogP contribution in [0.4, 0.5) is 0 Å². The first-order valence-corrected chi connectivity index (χ1v) is 9.05. The van der Waals surface area contributed by atoms with Gasteiger partial charge in [-0.3, -0.25) is 4.79 Å². The number of carbonyl (C=O) groups is 1. The summed E-state index contributed by atoms with van der Waals surface area (Å²) in [5.41, 5.74) is 3.49. The van der Waals surface area contributed by atoms with Crippen molar-refractivity contribution in [2.45, 2.75) is 31.5 Å². The molecule has 0 saturated carbocycles. The van der Waals surface area contributed by atoms with Crippen LogP contribution in [-0.2, 0) is 17.7 Å². The maximum absolute atomic E-state index is 12.8. The molecule has 6 heteroatoms. The van der Waals surface area contributed by atoms with Gasteiger partial charge in [0.2, 0.25) is 0 Å². The van der Waals surface area contributed by atoms with Crippen molar-refractivity contribution >= 4 is 17.1 Å². The van der Waals surface area contributed by atoms with Gasteiger partial charge in [-0.15, -0.1) is 0 Å². The lowest BCUT2D eigenvalue weighted by atomic mass is 10.1. The first-order valence-electron chi connectivity index (χ1n) is 9.05. The maximum Gasteiger partial charge on any atom is 0.255 e. The molecular weight excluding hydrogens is 328 g/mol. The number of pyridine rings is 1. The SMILES string of the molecule is O=C(c1cnc2c(c1)ncn2CCc1ccccc1)N1C[C@H]2C[C@@H]1CO2. The van der Waals surface area contributed by atoms with Gasteiger partial charge in [0.1, 0.15) is 5.52 Å². The Kier molecular flexibility index (Phi) is 3.71. The van der Waals surface area contributed by atoms with Crippen LogP contribution in [0.15, 0.2) is 48.9 Å². The fraction of sp³-hybridized carbons (Fsp3) is 0.350. The molecule has 0 unspecified atom stereocenters. The van der Waals surface area contributed by atoms with Crippen LogP contribution in [0, 0.1) is 0 Å². The lowest BCUT2D eigenvalue weighted by Crippen LogP contribution is -2.41. The molecular formula is C20H20N4O2. The van der Waals surface area contributed by atoms with Crippen LogP contribution in [0.2, 0.25) is 0 Å². The Morgan fingerprint density at radius 1 is 1.23 bits per heavy atom. The highest BCUT2D eigenvalue weighted by atomic mass is 16.5. The van der Waals surface area contributed by atoms with E-state index in [1.54, 1.807) is 12.5 Å². The van der Waals surface area contributed by atoms with Gasteiger partial charge >= 0.3 is 0 Å². The van der Waals surface area contributed by atoms with Gasteiger partial charge in [-0.1, -0.05) is 30.3 Å². The molecule has 3 aromatic rings. The highest BCUT2D eigenvalue weighted by molar-refractivity contribution is 5.96. The molecule has 26 heavy (non-hydrogen) atoms. The van der Waals surface area contributed by atoms with Crippen molar-refractivity contribution in [3.05, 3.63) is 60.0 Å². The van der Waals surface area contributed by atoms with E-state index in [9.17, 15) is 4.79 Å². The molecule has 2 bridgehead atoms. The average Bonchev–Trinajstić information content (AvgIpc) is 3.41. The van der Waals surface area contributed by atoms with Gasteiger partial charge in [-0.05, 0) is 24.5 Å². The van der Waals surface area contributed by atoms with E-state index >= 15 is 0 Å². The molecule has 132 valence electrons. The largest absolute Gasteiger partial charge is 0.374 e. The van der Waals surface area contributed by atoms with Gasteiger partial charge in [0.05, 0.1) is 30.6 Å². The van der Waals surface area contributed by atoms with Crippen LogP contribution in [-0.4, -0.2) is 50.6 Å². The number of aryl methyl sites for hydroxylation is 2. The van der Waals surface area contributed by atoms with Crippen LogP contribution in [0.1, 0.15) is 22.3 Å². The van der Waals surface area contributed by atoms with Gasteiger partial charge < -0.3 is 14.2 Å². The second-order valence-electron chi connectivity index (χ2n) is 7.04. The monoisotopic (exact) mass is 348 g/mol. The van der Waals surface area contributed by atoms with Crippen molar-refractivity contribution in [1.29, 1.82) is 0 Å². The van der Waals surface area contributed by atoms with Crippen molar-refractivity contribution in [2.75, 3.05) is 13.2 Å². The maximum atomic E-state index is 12.8. The van der Waals surface area contributed by atoms with Gasteiger partial charge in [0, 0.05) is 19.3 Å². The minimum Gasteiger partial charge on any atom is -0.374 e. The molecule has 2 aliphatic rings. The number of rotatable bonds is 4. The smallest absolute Gasteiger partial charge is 0.255 e. The van der Waals surface area contributed by atoms with Crippen molar-refractivity contribution < 1.29 is 9.53 Å². The molecule has 4 heterocycles. The number of aromatic nitrogens is 3. The lowest BCUT2D eigenvalue weighted by molar-refractivity contribution is 0.0259. The predicted molar refractivity (Wildman–Crippen MR) is 96.9 cm³/mol. The van der Waals surface area contributed by atoms with Crippen LogP contribution in [0.3, 0.4) is 0 Å². The third-order valence-electron chi connectivity index (χ3n) is 5.35. The van der Waals surface area contributed by atoms with Crippen molar-refractivity contribution in [1.82, 2.24) is 19.4 Å². The zero-order valence-corrected chi connectivity index (χ0v) is 14.4. The standard InChI is InChI=1S/C20H20N4O2/c25-20(24-11-17-9-16(24)12-26-17)15-8-18-19(21-10-15)23(13-22-18)7-6-14-4-2-1-3-5-14/h1-5,8,10,13,16-17H,6-7,9,11-12H2/t16-,17-/m1/s1. The fourth-order valence-electron chi connectivity index (χ4n) is 3.94. The number of hydrogen-bond acceptors (Lipinski definition) is 4. The Labute approximate surface area is 151 Å². The number of morpholine rings is 1. The minimum atomic E-state index is 0.0361. The molecule has 2 fully saturated rings. The third-order valence-corrected chi connectivity index (χ3v) is 5.35. The number of imidazole rings is 1. The van der Waals surface area contributed by atoms with E-state index in [1.165, 1.54) is 5.56 Å². The molecule has 2 atom stereocenters. The first kappa shape index (κ1) is 15.5. The normalized spacial score (nSPS) is 21.6. The van der Waals surface area contributed by atoms with Gasteiger partial charge in [0.25, 0.3) is 5.91 Å². The molecule has 2 aliphatic heterocycles. The average molecular weight is 348 g/mol. The molecule has 6 nitrogen and oxygen atoms in total. The Balaban J connectivity index is 1.35. The van der Waals surface area contributed by atoms with E-state index in [0.29, 0.717) is 18.7 Å². The topological polar surface area (TPSA) is 60.2 Å².